The van der Waals surface area contributed by atoms with E-state index in [1.54, 1.807) is 12.1 Å². The number of halogens is 1. The predicted molar refractivity (Wildman–Crippen MR) is 70.7 cm³/mol. The standard InChI is InChI=1S/C13H20ClNO2/c1-13(2,3)15-8-10(16)9-17-12-7-5-4-6-11(12)14/h4-7,10,15-16H,8-9H2,1-3H3/t10-/m1/s1. The average molecular weight is 258 g/mol. The lowest BCUT2D eigenvalue weighted by atomic mass is 10.1. The number of hydrogen-bond acceptors (Lipinski definition) is 3. The van der Waals surface area contributed by atoms with Crippen molar-refractivity contribution in [2.75, 3.05) is 13.2 Å². The quantitative estimate of drug-likeness (QED) is 0.852. The Labute approximate surface area is 108 Å². The molecule has 0 spiro atoms. The molecule has 0 saturated carbocycles. The Bertz CT molecular complexity index is 350. The molecule has 0 aliphatic carbocycles. The van der Waals surface area contributed by atoms with Crippen molar-refractivity contribution < 1.29 is 9.84 Å². The number of aliphatic hydroxyl groups is 1. The molecule has 4 heteroatoms. The van der Waals surface area contributed by atoms with Gasteiger partial charge in [-0.05, 0) is 32.9 Å². The number of ether oxygens (including phenoxy) is 1. The van der Waals surface area contributed by atoms with Gasteiger partial charge in [0, 0.05) is 12.1 Å². The van der Waals surface area contributed by atoms with Gasteiger partial charge in [0.2, 0.25) is 0 Å². The van der Waals surface area contributed by atoms with Crippen LogP contribution in [0.3, 0.4) is 0 Å². The summed E-state index contributed by atoms with van der Waals surface area (Å²) >= 11 is 5.94. The van der Waals surface area contributed by atoms with Gasteiger partial charge < -0.3 is 15.2 Å². The average Bonchev–Trinajstić information content (AvgIpc) is 2.24. The fourth-order valence-electron chi connectivity index (χ4n) is 1.23. The summed E-state index contributed by atoms with van der Waals surface area (Å²) in [6.45, 7) is 6.87. The van der Waals surface area contributed by atoms with Crippen molar-refractivity contribution in [1.29, 1.82) is 0 Å². The number of nitrogens with one attached hydrogen (secondary N) is 1. The zero-order valence-electron chi connectivity index (χ0n) is 10.5. The van der Waals surface area contributed by atoms with Crippen molar-refractivity contribution in [2.45, 2.75) is 32.4 Å². The molecule has 0 aliphatic rings. The second-order valence-corrected chi connectivity index (χ2v) is 5.43. The zero-order valence-corrected chi connectivity index (χ0v) is 11.3. The van der Waals surface area contributed by atoms with Crippen molar-refractivity contribution in [1.82, 2.24) is 5.32 Å². The maximum atomic E-state index is 9.73. The van der Waals surface area contributed by atoms with Crippen LogP contribution in [0, 0.1) is 0 Å². The Morgan fingerprint density at radius 3 is 2.59 bits per heavy atom. The molecule has 0 amide bonds. The van der Waals surface area contributed by atoms with E-state index >= 15 is 0 Å². The highest BCUT2D eigenvalue weighted by Crippen LogP contribution is 2.23. The molecule has 0 aliphatic heterocycles. The van der Waals surface area contributed by atoms with E-state index < -0.39 is 6.10 Å². The van der Waals surface area contributed by atoms with E-state index in [2.05, 4.69) is 26.1 Å². The summed E-state index contributed by atoms with van der Waals surface area (Å²) in [4.78, 5) is 0. The molecule has 0 radical (unpaired) electrons. The molecule has 0 fully saturated rings. The van der Waals surface area contributed by atoms with Crippen molar-refractivity contribution in [2.24, 2.45) is 0 Å². The highest BCUT2D eigenvalue weighted by atomic mass is 35.5. The van der Waals surface area contributed by atoms with Crippen LogP contribution in [0.5, 0.6) is 5.75 Å². The molecule has 0 bridgehead atoms. The molecule has 1 rings (SSSR count). The first-order valence-corrected chi connectivity index (χ1v) is 6.07. The van der Waals surface area contributed by atoms with Gasteiger partial charge in [-0.15, -0.1) is 0 Å². The molecule has 0 saturated heterocycles. The molecular formula is C13H20ClNO2. The summed E-state index contributed by atoms with van der Waals surface area (Å²) in [6, 6.07) is 7.23. The van der Waals surface area contributed by atoms with Crippen LogP contribution in [0.2, 0.25) is 5.02 Å². The van der Waals surface area contributed by atoms with Crippen molar-refractivity contribution in [3.05, 3.63) is 29.3 Å². The van der Waals surface area contributed by atoms with E-state index in [4.69, 9.17) is 16.3 Å². The lowest BCUT2D eigenvalue weighted by Crippen LogP contribution is -2.42. The summed E-state index contributed by atoms with van der Waals surface area (Å²) in [5.74, 6) is 0.601. The van der Waals surface area contributed by atoms with Crippen molar-refractivity contribution in [3.63, 3.8) is 0 Å². The van der Waals surface area contributed by atoms with Crippen LogP contribution in [0.15, 0.2) is 24.3 Å². The van der Waals surface area contributed by atoms with Gasteiger partial charge in [0.05, 0.1) is 5.02 Å². The molecule has 0 unspecified atom stereocenters. The zero-order chi connectivity index (χ0) is 12.9. The third kappa shape index (κ3) is 5.91. The highest BCUT2D eigenvalue weighted by Gasteiger charge is 2.12. The maximum Gasteiger partial charge on any atom is 0.138 e. The van der Waals surface area contributed by atoms with Crippen LogP contribution < -0.4 is 10.1 Å². The lowest BCUT2D eigenvalue weighted by Gasteiger charge is -2.23. The Balaban J connectivity index is 2.34. The monoisotopic (exact) mass is 257 g/mol. The van der Waals surface area contributed by atoms with Gasteiger partial charge >= 0.3 is 0 Å². The first kappa shape index (κ1) is 14.3. The first-order valence-electron chi connectivity index (χ1n) is 5.69. The number of para-hydroxylation sites is 1. The summed E-state index contributed by atoms with van der Waals surface area (Å²) < 4.78 is 5.44. The molecule has 1 aromatic carbocycles. The van der Waals surface area contributed by atoms with E-state index in [-0.39, 0.29) is 12.1 Å². The largest absolute Gasteiger partial charge is 0.489 e. The van der Waals surface area contributed by atoms with Gasteiger partial charge in [0.1, 0.15) is 18.5 Å². The van der Waals surface area contributed by atoms with Crippen LogP contribution in [0.4, 0.5) is 0 Å². The van der Waals surface area contributed by atoms with Crippen molar-refractivity contribution >= 4 is 11.6 Å². The minimum Gasteiger partial charge on any atom is -0.489 e. The number of aliphatic hydroxyl groups excluding tert-OH is 1. The van der Waals surface area contributed by atoms with Crippen LogP contribution in [-0.4, -0.2) is 29.9 Å². The SMILES string of the molecule is CC(C)(C)NC[C@@H](O)COc1ccccc1Cl. The number of rotatable bonds is 5. The molecule has 17 heavy (non-hydrogen) atoms. The molecule has 3 nitrogen and oxygen atoms in total. The fraction of sp³-hybridized carbons (Fsp3) is 0.538. The number of hydrogen-bond donors (Lipinski definition) is 2. The lowest BCUT2D eigenvalue weighted by molar-refractivity contribution is 0.100. The van der Waals surface area contributed by atoms with Gasteiger partial charge in [-0.1, -0.05) is 23.7 Å². The summed E-state index contributed by atoms with van der Waals surface area (Å²) in [6.07, 6.45) is -0.550. The molecule has 1 atom stereocenters. The number of benzene rings is 1. The topological polar surface area (TPSA) is 41.5 Å². The summed E-state index contributed by atoms with van der Waals surface area (Å²) in [5.41, 5.74) is -0.00856. The van der Waals surface area contributed by atoms with Crippen LogP contribution in [0.25, 0.3) is 0 Å². The van der Waals surface area contributed by atoms with Gasteiger partial charge in [-0.25, -0.2) is 0 Å². The van der Waals surface area contributed by atoms with Gasteiger partial charge in [0.25, 0.3) is 0 Å². The number of β-amino-alcohol motifs (C(OH)–C–C–N with tert-alkyl or cyclic N) is 1. The minimum atomic E-state index is -0.550. The maximum absolute atomic E-state index is 9.73. The Hall–Kier alpha value is -0.770. The molecule has 0 heterocycles. The predicted octanol–water partition coefficient (Wildman–Crippen LogP) is 2.47. The Morgan fingerprint density at radius 2 is 2.00 bits per heavy atom. The molecule has 96 valence electrons. The third-order valence-electron chi connectivity index (χ3n) is 2.14. The second-order valence-electron chi connectivity index (χ2n) is 5.03. The van der Waals surface area contributed by atoms with E-state index in [0.717, 1.165) is 0 Å². The highest BCUT2D eigenvalue weighted by molar-refractivity contribution is 6.32. The molecule has 1 aromatic rings. The summed E-state index contributed by atoms with van der Waals surface area (Å²) in [7, 11) is 0. The van der Waals surface area contributed by atoms with Gasteiger partial charge in [0.15, 0.2) is 0 Å². The van der Waals surface area contributed by atoms with Crippen LogP contribution in [-0.2, 0) is 0 Å². The molecule has 2 N–H and O–H groups in total. The smallest absolute Gasteiger partial charge is 0.138 e. The molecule has 0 aromatic heterocycles. The van der Waals surface area contributed by atoms with Gasteiger partial charge in [-0.2, -0.15) is 0 Å². The van der Waals surface area contributed by atoms with Crippen LogP contribution >= 0.6 is 11.6 Å². The van der Waals surface area contributed by atoms with E-state index in [1.807, 2.05) is 12.1 Å². The van der Waals surface area contributed by atoms with Crippen LogP contribution in [0.1, 0.15) is 20.8 Å². The first-order chi connectivity index (χ1) is 7.88. The Morgan fingerprint density at radius 1 is 1.35 bits per heavy atom. The van der Waals surface area contributed by atoms with E-state index in [9.17, 15) is 5.11 Å². The normalized spacial score (nSPS) is 13.5. The molecular weight excluding hydrogens is 238 g/mol. The third-order valence-corrected chi connectivity index (χ3v) is 2.45. The second kappa shape index (κ2) is 6.24. The minimum absolute atomic E-state index is 0.00856. The van der Waals surface area contributed by atoms with E-state index in [0.29, 0.717) is 17.3 Å². The summed E-state index contributed by atoms with van der Waals surface area (Å²) in [5, 5.41) is 13.5. The van der Waals surface area contributed by atoms with Gasteiger partial charge in [-0.3, -0.25) is 0 Å². The fourth-order valence-corrected chi connectivity index (χ4v) is 1.42. The van der Waals surface area contributed by atoms with E-state index in [1.165, 1.54) is 0 Å². The Kier molecular flexibility index (Phi) is 5.25. The van der Waals surface area contributed by atoms with Crippen molar-refractivity contribution in [3.8, 4) is 5.75 Å².